The van der Waals surface area contributed by atoms with Crippen LogP contribution in [0, 0.1) is 11.3 Å². The lowest BCUT2D eigenvalue weighted by Crippen LogP contribution is -2.39. The van der Waals surface area contributed by atoms with Gasteiger partial charge in [0, 0.05) is 29.3 Å². The third kappa shape index (κ3) is 4.72. The van der Waals surface area contributed by atoms with Crippen LogP contribution in [-0.4, -0.2) is 30.5 Å². The number of ketones is 1. The van der Waals surface area contributed by atoms with Crippen molar-refractivity contribution in [2.45, 2.75) is 46.1 Å². The molecule has 0 amide bonds. The summed E-state index contributed by atoms with van der Waals surface area (Å²) in [5.74, 6) is -2.11. The molecular weight excluding hydrogens is 430 g/mol. The van der Waals surface area contributed by atoms with Crippen molar-refractivity contribution in [3.05, 3.63) is 82.6 Å². The summed E-state index contributed by atoms with van der Waals surface area (Å²) >= 11 is 0. The molecule has 0 N–H and O–H groups in total. The molecule has 2 aromatic rings. The van der Waals surface area contributed by atoms with Gasteiger partial charge in [-0.1, -0.05) is 56.3 Å². The van der Waals surface area contributed by atoms with Gasteiger partial charge in [0.1, 0.15) is 12.5 Å². The molecule has 2 aromatic carbocycles. The van der Waals surface area contributed by atoms with Crippen molar-refractivity contribution in [3.8, 4) is 0 Å². The van der Waals surface area contributed by atoms with Crippen molar-refractivity contribution in [2.24, 2.45) is 16.3 Å². The maximum absolute atomic E-state index is 13.4. The van der Waals surface area contributed by atoms with Gasteiger partial charge in [-0.15, -0.1) is 0 Å². The number of methoxy groups -OCH3 is 1. The number of carbonyl (C=O) groups excluding carboxylic acids is 3. The third-order valence-electron chi connectivity index (χ3n) is 6.47. The monoisotopic (exact) mass is 459 g/mol. The zero-order chi connectivity index (χ0) is 24.5. The summed E-state index contributed by atoms with van der Waals surface area (Å²) in [7, 11) is 1.33. The fourth-order valence-electron chi connectivity index (χ4n) is 4.87. The van der Waals surface area contributed by atoms with Crippen molar-refractivity contribution in [2.75, 3.05) is 7.11 Å². The molecule has 0 spiro atoms. The quantitative estimate of drug-likeness (QED) is 0.586. The van der Waals surface area contributed by atoms with E-state index < -0.39 is 23.8 Å². The second kappa shape index (κ2) is 9.37. The van der Waals surface area contributed by atoms with Crippen molar-refractivity contribution in [1.29, 1.82) is 0 Å². The molecule has 1 aliphatic carbocycles. The van der Waals surface area contributed by atoms with Crippen LogP contribution < -0.4 is 0 Å². The molecule has 0 radical (unpaired) electrons. The maximum Gasteiger partial charge on any atom is 0.337 e. The summed E-state index contributed by atoms with van der Waals surface area (Å²) in [5, 5.41) is 0. The summed E-state index contributed by atoms with van der Waals surface area (Å²) in [4.78, 5) is 43.4. The Morgan fingerprint density at radius 1 is 1.03 bits per heavy atom. The molecule has 2 atom stereocenters. The number of Topliss-reactive ketones (excluding diaryl/α,β-unsaturated/α-hetero) is 1. The van der Waals surface area contributed by atoms with E-state index in [-0.39, 0.29) is 17.8 Å². The van der Waals surface area contributed by atoms with Crippen LogP contribution in [0.15, 0.2) is 70.9 Å². The van der Waals surface area contributed by atoms with Gasteiger partial charge in [0.05, 0.1) is 12.7 Å². The second-order valence-electron chi connectivity index (χ2n) is 9.72. The molecule has 0 saturated carbocycles. The van der Waals surface area contributed by atoms with E-state index in [1.807, 2.05) is 37.3 Å². The van der Waals surface area contributed by atoms with E-state index in [4.69, 9.17) is 14.5 Å². The summed E-state index contributed by atoms with van der Waals surface area (Å²) in [5.41, 5.74) is 3.81. The maximum atomic E-state index is 13.4. The van der Waals surface area contributed by atoms with Crippen LogP contribution in [0.5, 0.6) is 0 Å². The van der Waals surface area contributed by atoms with Crippen molar-refractivity contribution < 1.29 is 23.9 Å². The number of hydrogen-bond donors (Lipinski definition) is 0. The smallest absolute Gasteiger partial charge is 0.337 e. The summed E-state index contributed by atoms with van der Waals surface area (Å²) in [6.07, 6.45) is 1.05. The average molecular weight is 460 g/mol. The van der Waals surface area contributed by atoms with E-state index >= 15 is 0 Å². The highest BCUT2D eigenvalue weighted by Crippen LogP contribution is 2.48. The first-order chi connectivity index (χ1) is 16.2. The van der Waals surface area contributed by atoms with Gasteiger partial charge in [0.15, 0.2) is 5.78 Å². The number of rotatable bonds is 5. The Labute approximate surface area is 199 Å². The van der Waals surface area contributed by atoms with Crippen LogP contribution in [0.25, 0.3) is 0 Å². The molecule has 0 bridgehead atoms. The second-order valence-corrected chi connectivity index (χ2v) is 9.72. The van der Waals surface area contributed by atoms with Crippen LogP contribution >= 0.6 is 0 Å². The first-order valence-corrected chi connectivity index (χ1v) is 11.4. The van der Waals surface area contributed by atoms with Gasteiger partial charge in [0.25, 0.3) is 0 Å². The first kappa shape index (κ1) is 23.6. The van der Waals surface area contributed by atoms with E-state index in [1.54, 1.807) is 24.3 Å². The summed E-state index contributed by atoms with van der Waals surface area (Å²) in [6.45, 7) is 6.07. The van der Waals surface area contributed by atoms with E-state index in [9.17, 15) is 14.4 Å². The molecule has 176 valence electrons. The van der Waals surface area contributed by atoms with Crippen LogP contribution in [0.1, 0.15) is 61.0 Å². The predicted molar refractivity (Wildman–Crippen MR) is 128 cm³/mol. The molecule has 1 aliphatic heterocycles. The van der Waals surface area contributed by atoms with Gasteiger partial charge < -0.3 is 9.47 Å². The van der Waals surface area contributed by atoms with Crippen LogP contribution in [0.2, 0.25) is 0 Å². The molecule has 6 heteroatoms. The molecule has 34 heavy (non-hydrogen) atoms. The number of carbonyl (C=O) groups is 3. The highest BCUT2D eigenvalue weighted by Gasteiger charge is 2.46. The van der Waals surface area contributed by atoms with Crippen molar-refractivity contribution in [1.82, 2.24) is 0 Å². The van der Waals surface area contributed by atoms with Crippen molar-refractivity contribution >= 4 is 23.4 Å². The zero-order valence-corrected chi connectivity index (χ0v) is 20.0. The van der Waals surface area contributed by atoms with Crippen LogP contribution in [0.4, 0.5) is 0 Å². The van der Waals surface area contributed by atoms with Crippen LogP contribution in [0.3, 0.4) is 0 Å². The number of allylic oxidation sites excluding steroid dienone is 2. The Morgan fingerprint density at radius 2 is 1.71 bits per heavy atom. The minimum Gasteiger partial charge on any atom is -0.465 e. The normalized spacial score (nSPS) is 21.4. The molecule has 2 aliphatic rings. The average Bonchev–Trinajstić information content (AvgIpc) is 2.81. The fourth-order valence-corrected chi connectivity index (χ4v) is 4.87. The number of nitrogens with zero attached hydrogens (tertiary/aromatic N) is 1. The highest BCUT2D eigenvalue weighted by molar-refractivity contribution is 6.09. The van der Waals surface area contributed by atoms with Crippen LogP contribution in [-0.2, 0) is 25.7 Å². The largest absolute Gasteiger partial charge is 0.465 e. The Balaban J connectivity index is 1.73. The van der Waals surface area contributed by atoms with E-state index in [1.165, 1.54) is 7.11 Å². The predicted octanol–water partition coefficient (Wildman–Crippen LogP) is 5.03. The van der Waals surface area contributed by atoms with E-state index in [0.717, 1.165) is 16.8 Å². The van der Waals surface area contributed by atoms with Gasteiger partial charge in [-0.25, -0.2) is 4.79 Å². The lowest BCUT2D eigenvalue weighted by atomic mass is 9.67. The van der Waals surface area contributed by atoms with Gasteiger partial charge in [-0.3, -0.25) is 14.6 Å². The third-order valence-corrected chi connectivity index (χ3v) is 6.47. The molecule has 0 saturated heterocycles. The number of benzene rings is 2. The van der Waals surface area contributed by atoms with Gasteiger partial charge in [-0.2, -0.15) is 0 Å². The lowest BCUT2D eigenvalue weighted by molar-refractivity contribution is -0.148. The standard InChI is InChI=1S/C28H29NO5/c1-17-23(27(32)34-16-18-8-6-5-7-9-18)24(19-10-12-20(13-11-19)26(31)33-4)25-21(29-17)14-28(2,3)15-22(25)30/h5-13,23-24H,14-16H2,1-4H3/t23?,24-/m1/s1. The molecular formula is C28H29NO5. The minimum atomic E-state index is -0.725. The summed E-state index contributed by atoms with van der Waals surface area (Å²) in [6, 6.07) is 16.4. The van der Waals surface area contributed by atoms with E-state index in [0.29, 0.717) is 29.7 Å². The SMILES string of the molecule is COC(=O)c1ccc([C@H]2C3=C(CC(C)(C)CC3=O)N=C(C)C2C(=O)OCc2ccccc2)cc1. The summed E-state index contributed by atoms with van der Waals surface area (Å²) < 4.78 is 10.5. The Hall–Kier alpha value is -3.54. The van der Waals surface area contributed by atoms with Gasteiger partial charge >= 0.3 is 11.9 Å². The molecule has 4 rings (SSSR count). The topological polar surface area (TPSA) is 82.0 Å². The fraction of sp³-hybridized carbons (Fsp3) is 0.357. The highest BCUT2D eigenvalue weighted by atomic mass is 16.5. The lowest BCUT2D eigenvalue weighted by Gasteiger charge is -2.39. The Bertz CT molecular complexity index is 1180. The number of ether oxygens (including phenoxy) is 2. The van der Waals surface area contributed by atoms with Gasteiger partial charge in [-0.05, 0) is 42.0 Å². The Morgan fingerprint density at radius 3 is 2.35 bits per heavy atom. The minimum absolute atomic E-state index is 0.00500. The molecule has 0 fully saturated rings. The number of esters is 2. The number of hydrogen-bond acceptors (Lipinski definition) is 6. The molecule has 1 heterocycles. The molecule has 0 aromatic heterocycles. The molecule has 1 unspecified atom stereocenters. The first-order valence-electron chi connectivity index (χ1n) is 11.4. The Kier molecular flexibility index (Phi) is 6.51. The van der Waals surface area contributed by atoms with Crippen molar-refractivity contribution in [3.63, 3.8) is 0 Å². The van der Waals surface area contributed by atoms with Gasteiger partial charge in [0.2, 0.25) is 0 Å². The number of aliphatic imine (C=N–C) groups is 1. The van der Waals surface area contributed by atoms with E-state index in [2.05, 4.69) is 13.8 Å². The zero-order valence-electron chi connectivity index (χ0n) is 20.0. The molecule has 6 nitrogen and oxygen atoms in total.